The van der Waals surface area contributed by atoms with E-state index < -0.39 is 0 Å². The zero-order chi connectivity index (χ0) is 14.1. The maximum Gasteiger partial charge on any atom is 0.204 e. The van der Waals surface area contributed by atoms with Crippen LogP contribution in [0.2, 0.25) is 0 Å². The van der Waals surface area contributed by atoms with Crippen LogP contribution in [0.1, 0.15) is 24.2 Å². The Morgan fingerprint density at radius 3 is 2.70 bits per heavy atom. The summed E-state index contributed by atoms with van der Waals surface area (Å²) in [4.78, 5) is 11.9. The molecule has 104 valence electrons. The van der Waals surface area contributed by atoms with Gasteiger partial charge < -0.3 is 5.32 Å². The van der Waals surface area contributed by atoms with E-state index in [0.717, 1.165) is 24.2 Å². The molecular weight excluding hydrogens is 257 g/mol. The van der Waals surface area contributed by atoms with Crippen LogP contribution in [0, 0.1) is 12.7 Å². The van der Waals surface area contributed by atoms with Crippen molar-refractivity contribution in [3.63, 3.8) is 0 Å². The molecule has 0 radical (unpaired) electrons. The van der Waals surface area contributed by atoms with E-state index in [1.54, 1.807) is 22.9 Å². The predicted octanol–water partition coefficient (Wildman–Crippen LogP) is 1.93. The highest BCUT2D eigenvalue weighted by Crippen LogP contribution is 2.18. The summed E-state index contributed by atoms with van der Waals surface area (Å²) >= 11 is 0. The molecule has 1 aliphatic carbocycles. The first-order chi connectivity index (χ1) is 9.63. The van der Waals surface area contributed by atoms with Gasteiger partial charge in [0.15, 0.2) is 0 Å². The zero-order valence-electron chi connectivity index (χ0n) is 11.3. The molecule has 1 saturated carbocycles. The lowest BCUT2D eigenvalue weighted by molar-refractivity contribution is 0.624. The summed E-state index contributed by atoms with van der Waals surface area (Å²) < 4.78 is 14.6. The number of hydrogen-bond donors (Lipinski definition) is 1. The molecule has 0 unspecified atom stereocenters. The van der Waals surface area contributed by atoms with Crippen molar-refractivity contribution in [2.75, 3.05) is 0 Å². The predicted molar refractivity (Wildman–Crippen MR) is 74.4 cm³/mol. The quantitative estimate of drug-likeness (QED) is 0.926. The van der Waals surface area contributed by atoms with E-state index >= 15 is 0 Å². The van der Waals surface area contributed by atoms with Gasteiger partial charge in [0.25, 0.3) is 0 Å². The Labute approximate surface area is 116 Å². The smallest absolute Gasteiger partial charge is 0.204 e. The molecule has 0 spiro atoms. The van der Waals surface area contributed by atoms with Crippen LogP contribution in [0.3, 0.4) is 0 Å². The highest BCUT2D eigenvalue weighted by molar-refractivity contribution is 5.32. The molecule has 0 amide bonds. The van der Waals surface area contributed by atoms with Crippen molar-refractivity contribution in [1.82, 2.24) is 15.1 Å². The molecule has 1 fully saturated rings. The van der Waals surface area contributed by atoms with Gasteiger partial charge in [0, 0.05) is 24.3 Å². The summed E-state index contributed by atoms with van der Waals surface area (Å²) in [6.07, 6.45) is 2.33. The molecule has 0 aliphatic heterocycles. The Bertz CT molecular complexity index is 675. The van der Waals surface area contributed by atoms with Crippen LogP contribution < -0.4 is 10.7 Å². The minimum atomic E-state index is -0.289. The normalized spacial score (nSPS) is 14.5. The number of aryl methyl sites for hydroxylation is 1. The fourth-order valence-electron chi connectivity index (χ4n) is 2.08. The number of hydrogen-bond acceptors (Lipinski definition) is 3. The van der Waals surface area contributed by atoms with E-state index in [-0.39, 0.29) is 11.2 Å². The van der Waals surface area contributed by atoms with Gasteiger partial charge >= 0.3 is 0 Å². The van der Waals surface area contributed by atoms with Crippen LogP contribution in [-0.2, 0) is 6.54 Å². The highest BCUT2D eigenvalue weighted by Gasteiger charge is 2.21. The zero-order valence-corrected chi connectivity index (χ0v) is 11.3. The third-order valence-corrected chi connectivity index (χ3v) is 3.39. The molecule has 1 aliphatic rings. The minimum Gasteiger partial charge on any atom is -0.308 e. The molecule has 1 aromatic heterocycles. The molecule has 0 saturated heterocycles. The van der Waals surface area contributed by atoms with Crippen molar-refractivity contribution in [3.8, 4) is 5.69 Å². The van der Waals surface area contributed by atoms with Gasteiger partial charge in [0.05, 0.1) is 5.69 Å². The fourth-order valence-corrected chi connectivity index (χ4v) is 2.08. The SMILES string of the molecule is Cc1cc(=O)c(CNC2CC2)nn1-c1ccc(F)cc1. The van der Waals surface area contributed by atoms with Gasteiger partial charge in [-0.3, -0.25) is 4.79 Å². The van der Waals surface area contributed by atoms with E-state index in [0.29, 0.717) is 18.3 Å². The molecule has 0 bridgehead atoms. The summed E-state index contributed by atoms with van der Waals surface area (Å²) in [5.74, 6) is -0.289. The lowest BCUT2D eigenvalue weighted by atomic mass is 10.2. The lowest BCUT2D eigenvalue weighted by Gasteiger charge is -2.11. The van der Waals surface area contributed by atoms with Crippen molar-refractivity contribution >= 4 is 0 Å². The largest absolute Gasteiger partial charge is 0.308 e. The van der Waals surface area contributed by atoms with Gasteiger partial charge in [0.1, 0.15) is 11.5 Å². The third kappa shape index (κ3) is 2.77. The summed E-state index contributed by atoms with van der Waals surface area (Å²) in [5.41, 5.74) is 1.91. The molecule has 5 heteroatoms. The minimum absolute atomic E-state index is 0.0611. The van der Waals surface area contributed by atoms with Crippen LogP contribution in [0.5, 0.6) is 0 Å². The average molecular weight is 273 g/mol. The van der Waals surface area contributed by atoms with E-state index in [9.17, 15) is 9.18 Å². The Morgan fingerprint density at radius 2 is 2.05 bits per heavy atom. The number of nitrogens with one attached hydrogen (secondary N) is 1. The molecule has 2 aromatic rings. The first kappa shape index (κ1) is 13.0. The Hall–Kier alpha value is -2.01. The lowest BCUT2D eigenvalue weighted by Crippen LogP contribution is -2.25. The van der Waals surface area contributed by atoms with Gasteiger partial charge in [-0.15, -0.1) is 0 Å². The van der Waals surface area contributed by atoms with Crippen molar-refractivity contribution in [2.45, 2.75) is 32.4 Å². The molecule has 3 rings (SSSR count). The molecule has 1 aromatic carbocycles. The van der Waals surface area contributed by atoms with Gasteiger partial charge in [-0.2, -0.15) is 5.10 Å². The van der Waals surface area contributed by atoms with Crippen LogP contribution in [0.25, 0.3) is 5.69 Å². The number of halogens is 1. The second kappa shape index (κ2) is 5.17. The third-order valence-electron chi connectivity index (χ3n) is 3.39. The van der Waals surface area contributed by atoms with Crippen molar-refractivity contribution in [1.29, 1.82) is 0 Å². The van der Waals surface area contributed by atoms with Crippen molar-refractivity contribution in [3.05, 3.63) is 57.8 Å². The topological polar surface area (TPSA) is 46.9 Å². The van der Waals surface area contributed by atoms with Crippen molar-refractivity contribution in [2.24, 2.45) is 0 Å². The second-order valence-electron chi connectivity index (χ2n) is 5.14. The Morgan fingerprint density at radius 1 is 1.35 bits per heavy atom. The number of rotatable bonds is 4. The summed E-state index contributed by atoms with van der Waals surface area (Å²) in [5, 5.41) is 7.68. The van der Waals surface area contributed by atoms with Crippen molar-refractivity contribution < 1.29 is 4.39 Å². The summed E-state index contributed by atoms with van der Waals surface area (Å²) in [6, 6.07) is 8.17. The van der Waals surface area contributed by atoms with Crippen LogP contribution in [0.4, 0.5) is 4.39 Å². The van der Waals surface area contributed by atoms with E-state index in [4.69, 9.17) is 0 Å². The molecule has 4 nitrogen and oxygen atoms in total. The standard InChI is InChI=1S/C15H16FN3O/c1-10-8-15(20)14(9-17-12-4-5-12)18-19(10)13-6-2-11(16)3-7-13/h2-3,6-8,12,17H,4-5,9H2,1H3. The second-order valence-corrected chi connectivity index (χ2v) is 5.14. The fraction of sp³-hybridized carbons (Fsp3) is 0.333. The molecule has 20 heavy (non-hydrogen) atoms. The molecule has 1 heterocycles. The van der Waals surface area contributed by atoms with Gasteiger partial charge in [-0.05, 0) is 44.0 Å². The maximum atomic E-state index is 13.0. The van der Waals surface area contributed by atoms with E-state index in [1.807, 2.05) is 6.92 Å². The maximum absolute atomic E-state index is 13.0. The Kier molecular flexibility index (Phi) is 3.36. The summed E-state index contributed by atoms with van der Waals surface area (Å²) in [7, 11) is 0. The van der Waals surface area contributed by atoms with E-state index in [1.165, 1.54) is 12.1 Å². The first-order valence-electron chi connectivity index (χ1n) is 6.72. The first-order valence-corrected chi connectivity index (χ1v) is 6.72. The van der Waals surface area contributed by atoms with Crippen LogP contribution >= 0.6 is 0 Å². The van der Waals surface area contributed by atoms with Gasteiger partial charge in [-0.25, -0.2) is 9.07 Å². The molecule has 1 N–H and O–H groups in total. The summed E-state index contributed by atoms with van der Waals surface area (Å²) in [6.45, 7) is 2.29. The number of nitrogens with zero attached hydrogens (tertiary/aromatic N) is 2. The highest BCUT2D eigenvalue weighted by atomic mass is 19.1. The van der Waals surface area contributed by atoms with Gasteiger partial charge in [-0.1, -0.05) is 0 Å². The monoisotopic (exact) mass is 273 g/mol. The molecule has 0 atom stereocenters. The average Bonchev–Trinajstić information content (AvgIpc) is 3.23. The Balaban J connectivity index is 1.94. The van der Waals surface area contributed by atoms with Crippen LogP contribution in [0.15, 0.2) is 35.1 Å². The van der Waals surface area contributed by atoms with E-state index in [2.05, 4.69) is 10.4 Å². The molecular formula is C15H16FN3O. The number of aromatic nitrogens is 2. The van der Waals surface area contributed by atoms with Gasteiger partial charge in [0.2, 0.25) is 5.43 Å². The number of benzene rings is 1. The van der Waals surface area contributed by atoms with Crippen LogP contribution in [-0.4, -0.2) is 15.8 Å².